The molecular formula is C50H31N3. The smallest absolute Gasteiger partial charge is 0.0625 e. The normalized spacial score (nSPS) is 12.2. The molecule has 0 fully saturated rings. The number of hydrogen-bond acceptors (Lipinski definition) is 0. The van der Waals surface area contributed by atoms with Gasteiger partial charge in [-0.05, 0) is 65.4 Å². The van der Waals surface area contributed by atoms with Crippen LogP contribution in [0.3, 0.4) is 0 Å². The predicted octanol–water partition coefficient (Wildman–Crippen LogP) is 13.3. The molecule has 0 bridgehead atoms. The van der Waals surface area contributed by atoms with Gasteiger partial charge in [0.15, 0.2) is 0 Å². The Labute approximate surface area is 304 Å². The first-order valence-corrected chi connectivity index (χ1v) is 18.3. The lowest BCUT2D eigenvalue weighted by molar-refractivity contribution is 1.14. The van der Waals surface area contributed by atoms with Crippen molar-refractivity contribution in [1.82, 2.24) is 13.7 Å². The zero-order chi connectivity index (χ0) is 34.6. The number of hydrogen-bond donors (Lipinski definition) is 0. The highest BCUT2D eigenvalue weighted by Crippen LogP contribution is 2.43. The second-order valence-corrected chi connectivity index (χ2v) is 14.1. The van der Waals surface area contributed by atoms with Gasteiger partial charge in [0, 0.05) is 60.2 Å². The molecule has 0 radical (unpaired) electrons. The third-order valence-electron chi connectivity index (χ3n) is 11.4. The molecule has 53 heavy (non-hydrogen) atoms. The summed E-state index contributed by atoms with van der Waals surface area (Å²) in [7, 11) is 0. The molecule has 0 aliphatic rings. The molecule has 0 atom stereocenters. The van der Waals surface area contributed by atoms with Crippen LogP contribution in [-0.4, -0.2) is 13.7 Å². The Morgan fingerprint density at radius 1 is 0.245 bits per heavy atom. The van der Waals surface area contributed by atoms with Crippen LogP contribution >= 0.6 is 0 Å². The van der Waals surface area contributed by atoms with Crippen molar-refractivity contribution in [3.63, 3.8) is 0 Å². The molecule has 3 heteroatoms. The third kappa shape index (κ3) is 3.88. The Hall–Kier alpha value is -7.10. The van der Waals surface area contributed by atoms with E-state index in [1.54, 1.807) is 0 Å². The SMILES string of the molecule is c1ccc(-n2c3ccccc3c3ccc4ccc5c(ccc6c7ccccc7n(-c7cccc(-n8c9ccccc9c9ccccc98)c7)c56)c4c32)cc1. The number of nitrogens with zero attached hydrogens (tertiary/aromatic N) is 3. The van der Waals surface area contributed by atoms with Gasteiger partial charge in [-0.25, -0.2) is 0 Å². The summed E-state index contributed by atoms with van der Waals surface area (Å²) in [4.78, 5) is 0. The number of para-hydroxylation sites is 5. The van der Waals surface area contributed by atoms with E-state index in [9.17, 15) is 0 Å². The Balaban J connectivity index is 1.21. The van der Waals surface area contributed by atoms with Gasteiger partial charge in [-0.2, -0.15) is 0 Å². The summed E-state index contributed by atoms with van der Waals surface area (Å²) in [5.41, 5.74) is 10.8. The van der Waals surface area contributed by atoms with Crippen LogP contribution in [0.4, 0.5) is 0 Å². The van der Waals surface area contributed by atoms with Gasteiger partial charge in [0.25, 0.3) is 0 Å². The molecule has 0 aliphatic carbocycles. The standard InChI is InChI=1S/C50H31N3/c1-2-13-33(14-3-1)52-46-23-10-7-20-39(46)42-27-25-32-26-28-43-40(48(32)50(42)52)29-30-41-38-19-6-11-24-47(38)53(49(41)43)35-16-12-15-34(31-35)51-44-21-8-4-17-36(44)37-18-5-9-22-45(37)51/h1-31H. The molecule has 3 nitrogen and oxygen atoms in total. The molecule has 12 aromatic rings. The molecule has 0 unspecified atom stereocenters. The summed E-state index contributed by atoms with van der Waals surface area (Å²) in [5, 5.41) is 12.6. The van der Waals surface area contributed by atoms with Crippen LogP contribution < -0.4 is 0 Å². The lowest BCUT2D eigenvalue weighted by Crippen LogP contribution is -1.99. The molecule has 9 aromatic carbocycles. The quantitative estimate of drug-likeness (QED) is 0.166. The second kappa shape index (κ2) is 10.7. The minimum absolute atomic E-state index is 1.14. The lowest BCUT2D eigenvalue weighted by atomic mass is 9.97. The average Bonchev–Trinajstić information content (AvgIpc) is 3.87. The fourth-order valence-corrected chi connectivity index (χ4v) is 9.22. The van der Waals surface area contributed by atoms with Gasteiger partial charge in [-0.1, -0.05) is 133 Å². The minimum Gasteiger partial charge on any atom is -0.309 e. The fraction of sp³-hybridized carbons (Fsp3) is 0. The third-order valence-corrected chi connectivity index (χ3v) is 11.4. The van der Waals surface area contributed by atoms with E-state index in [1.165, 1.54) is 92.6 Å². The second-order valence-electron chi connectivity index (χ2n) is 14.1. The molecule has 3 aromatic heterocycles. The van der Waals surface area contributed by atoms with E-state index in [4.69, 9.17) is 0 Å². The van der Waals surface area contributed by atoms with Crippen LogP contribution in [0.2, 0.25) is 0 Å². The van der Waals surface area contributed by atoms with Crippen LogP contribution in [0, 0.1) is 0 Å². The Kier molecular flexibility index (Phi) is 5.77. The fourth-order valence-electron chi connectivity index (χ4n) is 9.22. The van der Waals surface area contributed by atoms with Crippen molar-refractivity contribution >= 4 is 87.0 Å². The molecule has 0 spiro atoms. The van der Waals surface area contributed by atoms with E-state index in [2.05, 4.69) is 202 Å². The Bertz CT molecular complexity index is 3400. The predicted molar refractivity (Wildman–Crippen MR) is 224 cm³/mol. The molecule has 0 aliphatic heterocycles. The maximum absolute atomic E-state index is 2.49. The summed E-state index contributed by atoms with van der Waals surface area (Å²) in [6.07, 6.45) is 0. The Morgan fingerprint density at radius 2 is 0.642 bits per heavy atom. The first-order valence-electron chi connectivity index (χ1n) is 18.3. The molecule has 0 N–H and O–H groups in total. The molecule has 0 saturated carbocycles. The minimum atomic E-state index is 1.14. The van der Waals surface area contributed by atoms with Crippen LogP contribution in [0.25, 0.3) is 104 Å². The van der Waals surface area contributed by atoms with Crippen molar-refractivity contribution in [2.45, 2.75) is 0 Å². The summed E-state index contributed by atoms with van der Waals surface area (Å²) in [6.45, 7) is 0. The van der Waals surface area contributed by atoms with Gasteiger partial charge in [-0.3, -0.25) is 0 Å². The monoisotopic (exact) mass is 673 g/mol. The highest BCUT2D eigenvalue weighted by molar-refractivity contribution is 6.29. The van der Waals surface area contributed by atoms with E-state index >= 15 is 0 Å². The number of aromatic nitrogens is 3. The topological polar surface area (TPSA) is 14.8 Å². The number of rotatable bonds is 3. The highest BCUT2D eigenvalue weighted by atomic mass is 15.0. The van der Waals surface area contributed by atoms with Crippen LogP contribution in [0.1, 0.15) is 0 Å². The van der Waals surface area contributed by atoms with Crippen LogP contribution in [0.5, 0.6) is 0 Å². The van der Waals surface area contributed by atoms with Gasteiger partial charge < -0.3 is 13.7 Å². The molecule has 246 valence electrons. The van der Waals surface area contributed by atoms with Crippen LogP contribution in [0.15, 0.2) is 188 Å². The largest absolute Gasteiger partial charge is 0.309 e. The van der Waals surface area contributed by atoms with Gasteiger partial charge >= 0.3 is 0 Å². The highest BCUT2D eigenvalue weighted by Gasteiger charge is 2.20. The first kappa shape index (κ1) is 28.6. The van der Waals surface area contributed by atoms with Gasteiger partial charge in [-0.15, -0.1) is 0 Å². The molecular weight excluding hydrogens is 643 g/mol. The maximum Gasteiger partial charge on any atom is 0.0625 e. The molecule has 3 heterocycles. The van der Waals surface area contributed by atoms with Crippen molar-refractivity contribution in [1.29, 1.82) is 0 Å². The van der Waals surface area contributed by atoms with E-state index in [0.29, 0.717) is 0 Å². The average molecular weight is 674 g/mol. The summed E-state index contributed by atoms with van der Waals surface area (Å²) in [5.74, 6) is 0. The first-order chi connectivity index (χ1) is 26.3. The van der Waals surface area contributed by atoms with E-state index in [-0.39, 0.29) is 0 Å². The zero-order valence-corrected chi connectivity index (χ0v) is 28.7. The van der Waals surface area contributed by atoms with E-state index in [1.807, 2.05) is 0 Å². The van der Waals surface area contributed by atoms with Crippen molar-refractivity contribution in [2.75, 3.05) is 0 Å². The lowest BCUT2D eigenvalue weighted by Gasteiger charge is -2.15. The molecule has 12 rings (SSSR count). The van der Waals surface area contributed by atoms with E-state index in [0.717, 1.165) is 11.4 Å². The van der Waals surface area contributed by atoms with Crippen molar-refractivity contribution < 1.29 is 0 Å². The number of benzene rings is 9. The molecule has 0 saturated heterocycles. The van der Waals surface area contributed by atoms with Gasteiger partial charge in [0.05, 0.1) is 33.1 Å². The van der Waals surface area contributed by atoms with Crippen molar-refractivity contribution in [2.24, 2.45) is 0 Å². The van der Waals surface area contributed by atoms with Crippen LogP contribution in [-0.2, 0) is 0 Å². The van der Waals surface area contributed by atoms with Gasteiger partial charge in [0.1, 0.15) is 0 Å². The summed E-state index contributed by atoms with van der Waals surface area (Å²) < 4.78 is 7.36. The summed E-state index contributed by atoms with van der Waals surface area (Å²) >= 11 is 0. The zero-order valence-electron chi connectivity index (χ0n) is 28.7. The summed E-state index contributed by atoms with van der Waals surface area (Å²) in [6, 6.07) is 69.0. The van der Waals surface area contributed by atoms with Gasteiger partial charge in [0.2, 0.25) is 0 Å². The Morgan fingerprint density at radius 3 is 1.25 bits per heavy atom. The van der Waals surface area contributed by atoms with Crippen molar-refractivity contribution in [3.8, 4) is 17.1 Å². The molecule has 0 amide bonds. The van der Waals surface area contributed by atoms with Crippen molar-refractivity contribution in [3.05, 3.63) is 188 Å². The number of fused-ring (bicyclic) bond motifs is 14. The maximum atomic E-state index is 2.49. The van der Waals surface area contributed by atoms with E-state index < -0.39 is 0 Å².